The maximum atomic E-state index is 13.3. The fraction of sp³-hybridized carbons (Fsp3) is 0. The van der Waals surface area contributed by atoms with Crippen molar-refractivity contribution in [3.8, 4) is 12.1 Å². The summed E-state index contributed by atoms with van der Waals surface area (Å²) in [5.41, 5.74) is -1.50. The number of carbonyl (C=O) groups is 1. The largest absolute Gasteiger partial charge is 0.478 e. The number of allylic oxidation sites excluding steroid dienone is 1. The molecule has 18 heavy (non-hydrogen) atoms. The summed E-state index contributed by atoms with van der Waals surface area (Å²) in [5, 5.41) is 27.9. The fourth-order valence-corrected chi connectivity index (χ4v) is 1.12. The zero-order chi connectivity index (χ0) is 13.7. The minimum Gasteiger partial charge on any atom is -0.478 e. The van der Waals surface area contributed by atoms with Crippen LogP contribution < -0.4 is 5.32 Å². The van der Waals surface area contributed by atoms with Gasteiger partial charge >= 0.3 is 5.97 Å². The first-order valence-corrected chi connectivity index (χ1v) is 4.49. The molecule has 2 N–H and O–H groups in total. The number of hydrogen-bond acceptors (Lipinski definition) is 4. The molecule has 0 fully saturated rings. The standard InChI is InChI=1S/C11H5F2N3O2/c12-7-1-2-8(9(10(7)13)11(17)18)16-5-6(3-14)4-15/h1-2,5,16H,(H,17,18). The molecule has 7 heteroatoms. The van der Waals surface area contributed by atoms with Gasteiger partial charge in [0, 0.05) is 6.20 Å². The summed E-state index contributed by atoms with van der Waals surface area (Å²) >= 11 is 0. The Morgan fingerprint density at radius 3 is 2.44 bits per heavy atom. The highest BCUT2D eigenvalue weighted by molar-refractivity contribution is 5.94. The van der Waals surface area contributed by atoms with Crippen molar-refractivity contribution in [2.75, 3.05) is 5.32 Å². The minimum absolute atomic E-state index is 0.260. The molecular formula is C11H5F2N3O2. The average Bonchev–Trinajstić information content (AvgIpc) is 2.34. The van der Waals surface area contributed by atoms with Crippen LogP contribution in [0.1, 0.15) is 10.4 Å². The maximum absolute atomic E-state index is 13.3. The molecule has 1 aromatic rings. The number of nitrogens with zero attached hydrogens (tertiary/aromatic N) is 2. The Balaban J connectivity index is 3.24. The van der Waals surface area contributed by atoms with Crippen LogP contribution in [0, 0.1) is 34.3 Å². The van der Waals surface area contributed by atoms with E-state index in [1.807, 2.05) is 0 Å². The number of carboxylic acids is 1. The van der Waals surface area contributed by atoms with Gasteiger partial charge in [0.05, 0.1) is 5.69 Å². The number of rotatable bonds is 3. The Hall–Kier alpha value is -2.93. The predicted octanol–water partition coefficient (Wildman–Crippen LogP) is 2.01. The van der Waals surface area contributed by atoms with Crippen molar-refractivity contribution >= 4 is 11.7 Å². The molecule has 0 bridgehead atoms. The topological polar surface area (TPSA) is 96.9 Å². The van der Waals surface area contributed by atoms with Crippen LogP contribution in [-0.4, -0.2) is 11.1 Å². The van der Waals surface area contributed by atoms with Crippen molar-refractivity contribution in [2.45, 2.75) is 0 Å². The number of anilines is 1. The number of carboxylic acid groups (broad SMARTS) is 1. The quantitative estimate of drug-likeness (QED) is 0.798. The second-order valence-corrected chi connectivity index (χ2v) is 3.02. The molecule has 0 aliphatic rings. The van der Waals surface area contributed by atoms with Crippen LogP contribution in [0.15, 0.2) is 23.9 Å². The smallest absolute Gasteiger partial charge is 0.340 e. The van der Waals surface area contributed by atoms with E-state index in [9.17, 15) is 13.6 Å². The highest BCUT2D eigenvalue weighted by Crippen LogP contribution is 2.21. The van der Waals surface area contributed by atoms with Crippen LogP contribution in [0.4, 0.5) is 14.5 Å². The summed E-state index contributed by atoms with van der Waals surface area (Å²) in [4.78, 5) is 10.8. The molecule has 0 atom stereocenters. The van der Waals surface area contributed by atoms with Crippen LogP contribution >= 0.6 is 0 Å². The van der Waals surface area contributed by atoms with Gasteiger partial charge in [0.15, 0.2) is 11.6 Å². The lowest BCUT2D eigenvalue weighted by atomic mass is 10.1. The summed E-state index contributed by atoms with van der Waals surface area (Å²) in [6.45, 7) is 0. The van der Waals surface area contributed by atoms with Crippen LogP contribution in [0.25, 0.3) is 0 Å². The van der Waals surface area contributed by atoms with E-state index in [1.54, 1.807) is 0 Å². The molecular weight excluding hydrogens is 244 g/mol. The van der Waals surface area contributed by atoms with Crippen molar-refractivity contribution in [3.05, 3.63) is 41.1 Å². The summed E-state index contributed by atoms with van der Waals surface area (Å²) in [7, 11) is 0. The zero-order valence-corrected chi connectivity index (χ0v) is 8.74. The maximum Gasteiger partial charge on any atom is 0.340 e. The molecule has 0 aliphatic heterocycles. The molecule has 0 aliphatic carbocycles. The molecule has 5 nitrogen and oxygen atoms in total. The minimum atomic E-state index is -1.67. The van der Waals surface area contributed by atoms with Gasteiger partial charge in [0.25, 0.3) is 0 Å². The number of nitriles is 2. The van der Waals surface area contributed by atoms with Gasteiger partial charge in [0.1, 0.15) is 23.3 Å². The summed E-state index contributed by atoms with van der Waals surface area (Å²) < 4.78 is 26.1. The monoisotopic (exact) mass is 249 g/mol. The second kappa shape index (κ2) is 5.41. The molecule has 0 unspecified atom stereocenters. The van der Waals surface area contributed by atoms with E-state index < -0.39 is 23.2 Å². The van der Waals surface area contributed by atoms with Crippen molar-refractivity contribution < 1.29 is 18.7 Å². The van der Waals surface area contributed by atoms with Gasteiger partial charge in [-0.25, -0.2) is 13.6 Å². The van der Waals surface area contributed by atoms with Gasteiger partial charge in [-0.2, -0.15) is 10.5 Å². The summed E-state index contributed by atoms with van der Waals surface area (Å²) in [6.07, 6.45) is 0.902. The van der Waals surface area contributed by atoms with Crippen molar-refractivity contribution in [1.29, 1.82) is 10.5 Å². The average molecular weight is 249 g/mol. The van der Waals surface area contributed by atoms with Crippen molar-refractivity contribution in [1.82, 2.24) is 0 Å². The Bertz CT molecular complexity index is 596. The zero-order valence-electron chi connectivity index (χ0n) is 8.74. The molecule has 0 saturated carbocycles. The Morgan fingerprint density at radius 2 is 1.94 bits per heavy atom. The Labute approximate surface area is 100 Å². The van der Waals surface area contributed by atoms with Gasteiger partial charge in [-0.1, -0.05) is 0 Å². The molecule has 0 spiro atoms. The SMILES string of the molecule is N#CC(C#N)=CNc1ccc(F)c(F)c1C(=O)O. The van der Waals surface area contributed by atoms with Crippen LogP contribution in [0.5, 0.6) is 0 Å². The first-order chi connectivity index (χ1) is 8.51. The van der Waals surface area contributed by atoms with E-state index in [-0.39, 0.29) is 11.3 Å². The van der Waals surface area contributed by atoms with Gasteiger partial charge in [-0.05, 0) is 12.1 Å². The molecule has 0 aromatic heterocycles. The predicted molar refractivity (Wildman–Crippen MR) is 56.2 cm³/mol. The fourth-order valence-electron chi connectivity index (χ4n) is 1.12. The Kier molecular flexibility index (Phi) is 3.95. The lowest BCUT2D eigenvalue weighted by Gasteiger charge is -2.07. The number of halogens is 2. The highest BCUT2D eigenvalue weighted by atomic mass is 19.2. The van der Waals surface area contributed by atoms with E-state index in [2.05, 4.69) is 5.32 Å². The first kappa shape index (κ1) is 13.1. The van der Waals surface area contributed by atoms with Gasteiger partial charge in [0.2, 0.25) is 0 Å². The summed E-state index contributed by atoms with van der Waals surface area (Å²) in [5.74, 6) is -4.49. The number of benzene rings is 1. The molecule has 0 amide bonds. The first-order valence-electron chi connectivity index (χ1n) is 4.49. The molecule has 0 radical (unpaired) electrons. The number of aromatic carboxylic acids is 1. The molecule has 0 heterocycles. The number of hydrogen-bond donors (Lipinski definition) is 2. The van der Waals surface area contributed by atoms with Crippen molar-refractivity contribution in [3.63, 3.8) is 0 Å². The normalized spacial score (nSPS) is 8.89. The van der Waals surface area contributed by atoms with Gasteiger partial charge < -0.3 is 10.4 Å². The third-order valence-electron chi connectivity index (χ3n) is 1.92. The lowest BCUT2D eigenvalue weighted by molar-refractivity contribution is 0.0692. The van der Waals surface area contributed by atoms with Crippen LogP contribution in [0.3, 0.4) is 0 Å². The summed E-state index contributed by atoms with van der Waals surface area (Å²) in [6, 6.07) is 4.76. The Morgan fingerprint density at radius 1 is 1.33 bits per heavy atom. The highest BCUT2D eigenvalue weighted by Gasteiger charge is 2.19. The van der Waals surface area contributed by atoms with E-state index in [1.165, 1.54) is 12.1 Å². The third-order valence-corrected chi connectivity index (χ3v) is 1.92. The van der Waals surface area contributed by atoms with E-state index in [0.717, 1.165) is 18.3 Å². The third kappa shape index (κ3) is 2.60. The van der Waals surface area contributed by atoms with E-state index in [4.69, 9.17) is 15.6 Å². The van der Waals surface area contributed by atoms with E-state index in [0.29, 0.717) is 0 Å². The molecule has 90 valence electrons. The lowest BCUT2D eigenvalue weighted by Crippen LogP contribution is -2.07. The van der Waals surface area contributed by atoms with Crippen LogP contribution in [0.2, 0.25) is 0 Å². The van der Waals surface area contributed by atoms with Crippen molar-refractivity contribution in [2.24, 2.45) is 0 Å². The molecule has 1 rings (SSSR count). The molecule has 0 saturated heterocycles. The van der Waals surface area contributed by atoms with Gasteiger partial charge in [-0.15, -0.1) is 0 Å². The van der Waals surface area contributed by atoms with Gasteiger partial charge in [-0.3, -0.25) is 0 Å². The van der Waals surface area contributed by atoms with E-state index >= 15 is 0 Å². The molecule has 1 aromatic carbocycles. The van der Waals surface area contributed by atoms with Crippen LogP contribution in [-0.2, 0) is 0 Å². The second-order valence-electron chi connectivity index (χ2n) is 3.02. The number of nitrogens with one attached hydrogen (secondary N) is 1.